The van der Waals surface area contributed by atoms with E-state index in [-0.39, 0.29) is 24.5 Å². The van der Waals surface area contributed by atoms with Crippen LogP contribution < -0.4 is 19.7 Å². The maximum Gasteiger partial charge on any atom is 0.241 e. The molecule has 0 spiro atoms. The Morgan fingerprint density at radius 1 is 0.966 bits per heavy atom. The molecule has 0 aliphatic carbocycles. The smallest absolute Gasteiger partial charge is 0.241 e. The number of ether oxygens (including phenoxy) is 2. The van der Waals surface area contributed by atoms with Gasteiger partial charge in [0.2, 0.25) is 12.7 Å². The molecule has 1 saturated heterocycles. The minimum Gasteiger partial charge on any atom is -0.454 e. The Labute approximate surface area is 170 Å². The van der Waals surface area contributed by atoms with E-state index in [1.54, 1.807) is 19.1 Å². The number of rotatable bonds is 5. The second-order valence-electron chi connectivity index (χ2n) is 7.36. The molecule has 1 N–H and O–H groups in total. The predicted molar refractivity (Wildman–Crippen MR) is 111 cm³/mol. The van der Waals surface area contributed by atoms with Gasteiger partial charge in [0.25, 0.3) is 0 Å². The topological polar surface area (TPSA) is 71.1 Å². The van der Waals surface area contributed by atoms with Crippen molar-refractivity contribution in [2.24, 2.45) is 0 Å². The first-order valence-electron chi connectivity index (χ1n) is 9.82. The largest absolute Gasteiger partial charge is 0.454 e. The Morgan fingerprint density at radius 2 is 1.66 bits per heavy atom. The number of ketones is 1. The monoisotopic (exact) mass is 395 g/mol. The number of Topliss-reactive ketones (excluding diaryl/α,β-unsaturated/α-hetero) is 1. The molecule has 0 bridgehead atoms. The van der Waals surface area contributed by atoms with Crippen molar-refractivity contribution < 1.29 is 19.1 Å². The number of nitrogens with zero attached hydrogens (tertiary/aromatic N) is 2. The van der Waals surface area contributed by atoms with Crippen molar-refractivity contribution in [3.8, 4) is 11.5 Å². The first-order chi connectivity index (χ1) is 14.0. The lowest BCUT2D eigenvalue weighted by Gasteiger charge is -2.38. The van der Waals surface area contributed by atoms with E-state index in [0.717, 1.165) is 37.4 Å². The molecule has 2 heterocycles. The van der Waals surface area contributed by atoms with Gasteiger partial charge in [-0.25, -0.2) is 0 Å². The highest BCUT2D eigenvalue weighted by Gasteiger charge is 2.26. The summed E-state index contributed by atoms with van der Waals surface area (Å²) in [5, 5.41) is 2.97. The van der Waals surface area contributed by atoms with Crippen molar-refractivity contribution in [1.29, 1.82) is 0 Å². The van der Waals surface area contributed by atoms with E-state index in [9.17, 15) is 9.59 Å². The van der Waals surface area contributed by atoms with Crippen LogP contribution in [0.2, 0.25) is 0 Å². The molecule has 0 unspecified atom stereocenters. The number of carbonyl (C=O) groups is 2. The summed E-state index contributed by atoms with van der Waals surface area (Å²) < 4.78 is 10.7. The summed E-state index contributed by atoms with van der Waals surface area (Å²) in [6.45, 7) is 6.98. The van der Waals surface area contributed by atoms with Crippen molar-refractivity contribution in [1.82, 2.24) is 4.90 Å². The maximum absolute atomic E-state index is 12.7. The van der Waals surface area contributed by atoms with Crippen molar-refractivity contribution in [3.63, 3.8) is 0 Å². The highest BCUT2D eigenvalue weighted by Crippen LogP contribution is 2.34. The molecule has 0 saturated carbocycles. The summed E-state index contributed by atoms with van der Waals surface area (Å²) in [5.74, 6) is 1.38. The molecule has 29 heavy (non-hydrogen) atoms. The van der Waals surface area contributed by atoms with Crippen LogP contribution in [0.4, 0.5) is 11.4 Å². The van der Waals surface area contributed by atoms with Gasteiger partial charge in [0.05, 0.1) is 6.04 Å². The fraction of sp³-hybridized carbons (Fsp3) is 0.364. The molecule has 1 atom stereocenters. The second-order valence-corrected chi connectivity index (χ2v) is 7.36. The standard InChI is InChI=1S/C22H25N3O4/c1-15(22(27)23-18-5-8-20-21(13-18)29-14-28-20)24-9-11-25(12-10-24)19-6-3-17(4-7-19)16(2)26/h3-8,13,15H,9-12,14H2,1-2H3,(H,23,27)/t15-/m1/s1. The minimum absolute atomic E-state index is 0.0388. The Balaban J connectivity index is 1.31. The number of hydrogen-bond donors (Lipinski definition) is 1. The quantitative estimate of drug-likeness (QED) is 0.785. The fourth-order valence-electron chi connectivity index (χ4n) is 3.66. The lowest BCUT2D eigenvalue weighted by atomic mass is 10.1. The van der Waals surface area contributed by atoms with E-state index in [2.05, 4.69) is 15.1 Å². The van der Waals surface area contributed by atoms with E-state index < -0.39 is 0 Å². The molecular weight excluding hydrogens is 370 g/mol. The van der Waals surface area contributed by atoms with Crippen LogP contribution >= 0.6 is 0 Å². The number of amides is 1. The Kier molecular flexibility index (Phi) is 5.40. The molecule has 0 aromatic heterocycles. The van der Waals surface area contributed by atoms with Gasteiger partial charge in [-0.1, -0.05) is 0 Å². The maximum atomic E-state index is 12.7. The van der Waals surface area contributed by atoms with Crippen LogP contribution in [0.5, 0.6) is 11.5 Å². The van der Waals surface area contributed by atoms with E-state index in [1.807, 2.05) is 37.3 Å². The number of benzene rings is 2. The minimum atomic E-state index is -0.234. The molecule has 2 aromatic rings. The predicted octanol–water partition coefficient (Wildman–Crippen LogP) is 2.77. The summed E-state index contributed by atoms with van der Waals surface area (Å²) in [7, 11) is 0. The zero-order valence-electron chi connectivity index (χ0n) is 16.7. The van der Waals surface area contributed by atoms with Crippen LogP contribution in [0.25, 0.3) is 0 Å². The van der Waals surface area contributed by atoms with Crippen LogP contribution in [0.15, 0.2) is 42.5 Å². The summed E-state index contributed by atoms with van der Waals surface area (Å²) in [4.78, 5) is 28.6. The second kappa shape index (κ2) is 8.13. The molecule has 7 nitrogen and oxygen atoms in total. The molecule has 7 heteroatoms. The molecule has 152 valence electrons. The van der Waals surface area contributed by atoms with Crippen LogP contribution in [0.3, 0.4) is 0 Å². The number of piperazine rings is 1. The van der Waals surface area contributed by atoms with Gasteiger partial charge in [-0.2, -0.15) is 0 Å². The van der Waals surface area contributed by atoms with Crippen molar-refractivity contribution in [3.05, 3.63) is 48.0 Å². The third-order valence-corrected chi connectivity index (χ3v) is 5.52. The molecule has 2 aliphatic heterocycles. The SMILES string of the molecule is CC(=O)c1ccc(N2CCN([C@H](C)C(=O)Nc3ccc4c(c3)OCO4)CC2)cc1. The van der Waals surface area contributed by atoms with Gasteiger partial charge in [-0.15, -0.1) is 0 Å². The zero-order chi connectivity index (χ0) is 20.4. The third kappa shape index (κ3) is 4.19. The van der Waals surface area contributed by atoms with Gasteiger partial charge in [0.1, 0.15) is 0 Å². The molecule has 2 aliphatic rings. The van der Waals surface area contributed by atoms with E-state index >= 15 is 0 Å². The lowest BCUT2D eigenvalue weighted by molar-refractivity contribution is -0.120. The normalized spacial score (nSPS) is 17.1. The number of fused-ring (bicyclic) bond motifs is 1. The van der Waals surface area contributed by atoms with Gasteiger partial charge < -0.3 is 19.7 Å². The van der Waals surface area contributed by atoms with E-state index in [4.69, 9.17) is 9.47 Å². The van der Waals surface area contributed by atoms with Crippen molar-refractivity contribution >= 4 is 23.1 Å². The summed E-state index contributed by atoms with van der Waals surface area (Å²) in [6, 6.07) is 12.9. The van der Waals surface area contributed by atoms with Gasteiger partial charge in [0, 0.05) is 49.2 Å². The summed E-state index contributed by atoms with van der Waals surface area (Å²) in [5.41, 5.74) is 2.53. The first-order valence-corrected chi connectivity index (χ1v) is 9.82. The Hall–Kier alpha value is -3.06. The lowest BCUT2D eigenvalue weighted by Crippen LogP contribution is -2.52. The van der Waals surface area contributed by atoms with Crippen LogP contribution in [0, 0.1) is 0 Å². The highest BCUT2D eigenvalue weighted by atomic mass is 16.7. The average molecular weight is 395 g/mol. The molecule has 1 amide bonds. The van der Waals surface area contributed by atoms with Crippen LogP contribution in [0.1, 0.15) is 24.2 Å². The van der Waals surface area contributed by atoms with Gasteiger partial charge >= 0.3 is 0 Å². The summed E-state index contributed by atoms with van der Waals surface area (Å²) in [6.07, 6.45) is 0. The van der Waals surface area contributed by atoms with Crippen molar-refractivity contribution in [2.45, 2.75) is 19.9 Å². The third-order valence-electron chi connectivity index (χ3n) is 5.52. The highest BCUT2D eigenvalue weighted by molar-refractivity contribution is 5.95. The zero-order valence-corrected chi connectivity index (χ0v) is 16.7. The van der Waals surface area contributed by atoms with Gasteiger partial charge in [-0.05, 0) is 50.2 Å². The van der Waals surface area contributed by atoms with E-state index in [0.29, 0.717) is 17.2 Å². The molecule has 0 radical (unpaired) electrons. The average Bonchev–Trinajstić information content (AvgIpc) is 3.21. The number of anilines is 2. The molecule has 4 rings (SSSR count). The fourth-order valence-corrected chi connectivity index (χ4v) is 3.66. The van der Waals surface area contributed by atoms with Gasteiger partial charge in [0.15, 0.2) is 17.3 Å². The van der Waals surface area contributed by atoms with Crippen LogP contribution in [-0.2, 0) is 4.79 Å². The van der Waals surface area contributed by atoms with Gasteiger partial charge in [-0.3, -0.25) is 14.5 Å². The molecule has 1 fully saturated rings. The summed E-state index contributed by atoms with van der Waals surface area (Å²) >= 11 is 0. The number of hydrogen-bond acceptors (Lipinski definition) is 6. The van der Waals surface area contributed by atoms with Crippen LogP contribution in [-0.4, -0.2) is 55.6 Å². The first kappa shape index (κ1) is 19.3. The van der Waals surface area contributed by atoms with Crippen molar-refractivity contribution in [2.75, 3.05) is 43.2 Å². The Bertz CT molecular complexity index is 905. The van der Waals surface area contributed by atoms with E-state index in [1.165, 1.54) is 0 Å². The molecule has 2 aromatic carbocycles. The Morgan fingerprint density at radius 3 is 2.34 bits per heavy atom. The number of nitrogens with one attached hydrogen (secondary N) is 1. The number of carbonyl (C=O) groups excluding carboxylic acids is 2. The molecular formula is C22H25N3O4.